The minimum Gasteiger partial charge on any atom is -0.346 e. The van der Waals surface area contributed by atoms with Crippen molar-refractivity contribution < 1.29 is 13.2 Å². The van der Waals surface area contributed by atoms with Gasteiger partial charge in [-0.15, -0.1) is 21.5 Å². The van der Waals surface area contributed by atoms with Crippen molar-refractivity contribution in [3.05, 3.63) is 16.9 Å². The topological polar surface area (TPSA) is 143 Å². The fraction of sp³-hybridized carbons (Fsp3) is 0.444. The smallest absolute Gasteiger partial charge is 0.231 e. The Morgan fingerprint density at radius 1 is 1.52 bits per heavy atom. The van der Waals surface area contributed by atoms with E-state index in [0.717, 1.165) is 17.6 Å². The van der Waals surface area contributed by atoms with E-state index < -0.39 is 10.0 Å². The van der Waals surface area contributed by atoms with Gasteiger partial charge in [0.1, 0.15) is 0 Å². The van der Waals surface area contributed by atoms with Gasteiger partial charge in [-0.2, -0.15) is 5.21 Å². The molecule has 0 aliphatic heterocycles. The number of nitrogens with zero attached hydrogens (tertiary/aromatic N) is 4. The lowest BCUT2D eigenvalue weighted by molar-refractivity contribution is -0.121. The highest BCUT2D eigenvalue weighted by molar-refractivity contribution is 7.92. The Morgan fingerprint density at radius 3 is 2.90 bits per heavy atom. The first kappa shape index (κ1) is 15.3. The van der Waals surface area contributed by atoms with E-state index in [0.29, 0.717) is 11.5 Å². The Balaban J connectivity index is 1.91. The number of amides is 1. The lowest BCUT2D eigenvalue weighted by Crippen LogP contribution is -2.28. The standard InChI is InChI=1S/C9H13N7O3S2/c1-5(8-12-15-16-13-8)10-7(17)3-6-4-20-9(11-6)14-21(2,18)19/h4-5H,3H2,1-2H3,(H,10,17)(H,11,14)(H,12,13,15,16). The Bertz CT molecular complexity index is 710. The molecule has 21 heavy (non-hydrogen) atoms. The maximum atomic E-state index is 11.8. The van der Waals surface area contributed by atoms with Gasteiger partial charge >= 0.3 is 0 Å². The molecule has 0 saturated carbocycles. The van der Waals surface area contributed by atoms with Gasteiger partial charge in [0.25, 0.3) is 0 Å². The van der Waals surface area contributed by atoms with Crippen molar-refractivity contribution in [2.75, 3.05) is 11.0 Å². The second-order valence-corrected chi connectivity index (χ2v) is 6.86. The number of carbonyl (C=O) groups excluding carboxylic acids is 1. The predicted octanol–water partition coefficient (Wildman–Crippen LogP) is -0.552. The first-order chi connectivity index (χ1) is 9.83. The summed E-state index contributed by atoms with van der Waals surface area (Å²) < 4.78 is 24.4. The molecule has 114 valence electrons. The van der Waals surface area contributed by atoms with E-state index in [1.54, 1.807) is 12.3 Å². The highest BCUT2D eigenvalue weighted by Gasteiger charge is 2.15. The number of nitrogens with one attached hydrogen (secondary N) is 3. The second kappa shape index (κ2) is 6.13. The summed E-state index contributed by atoms with van der Waals surface area (Å²) in [5.74, 6) is 0.101. The van der Waals surface area contributed by atoms with Gasteiger partial charge in [0, 0.05) is 5.38 Å². The third-order valence-electron chi connectivity index (χ3n) is 2.29. The Kier molecular flexibility index (Phi) is 4.47. The number of thiazole rings is 1. The van der Waals surface area contributed by atoms with Gasteiger partial charge in [-0.25, -0.2) is 13.4 Å². The van der Waals surface area contributed by atoms with Crippen LogP contribution in [0.25, 0.3) is 0 Å². The van der Waals surface area contributed by atoms with Crippen LogP contribution in [0.15, 0.2) is 5.38 Å². The van der Waals surface area contributed by atoms with E-state index in [2.05, 4.69) is 35.6 Å². The summed E-state index contributed by atoms with van der Waals surface area (Å²) >= 11 is 1.11. The number of tetrazole rings is 1. The zero-order valence-corrected chi connectivity index (χ0v) is 12.8. The van der Waals surface area contributed by atoms with Crippen LogP contribution in [0.3, 0.4) is 0 Å². The summed E-state index contributed by atoms with van der Waals surface area (Å²) in [4.78, 5) is 15.9. The van der Waals surface area contributed by atoms with Crippen LogP contribution >= 0.6 is 11.3 Å². The lowest BCUT2D eigenvalue weighted by Gasteiger charge is -2.08. The minimum atomic E-state index is -3.37. The molecule has 0 aromatic carbocycles. The van der Waals surface area contributed by atoms with Gasteiger partial charge in [0.05, 0.1) is 24.4 Å². The summed E-state index contributed by atoms with van der Waals surface area (Å²) in [7, 11) is -3.37. The van der Waals surface area contributed by atoms with Crippen molar-refractivity contribution >= 4 is 32.4 Å². The number of rotatable bonds is 6. The maximum absolute atomic E-state index is 11.8. The molecule has 1 unspecified atom stereocenters. The first-order valence-corrected chi connectivity index (χ1v) is 8.55. The van der Waals surface area contributed by atoms with Crippen LogP contribution in [0.1, 0.15) is 24.5 Å². The molecule has 0 bridgehead atoms. The highest BCUT2D eigenvalue weighted by atomic mass is 32.2. The van der Waals surface area contributed by atoms with E-state index in [4.69, 9.17) is 0 Å². The molecule has 0 spiro atoms. The molecule has 2 rings (SSSR count). The van der Waals surface area contributed by atoms with Gasteiger partial charge in [0.2, 0.25) is 15.9 Å². The SMILES string of the molecule is CC(NC(=O)Cc1csc(NS(C)(=O)=O)n1)c1nn[nH]n1. The fourth-order valence-electron chi connectivity index (χ4n) is 1.47. The van der Waals surface area contributed by atoms with Gasteiger partial charge < -0.3 is 5.32 Å². The summed E-state index contributed by atoms with van der Waals surface area (Å²) in [5, 5.41) is 17.8. The molecule has 1 amide bonds. The monoisotopic (exact) mass is 331 g/mol. The molecule has 0 radical (unpaired) electrons. The molecule has 2 heterocycles. The van der Waals surface area contributed by atoms with Crippen LogP contribution < -0.4 is 10.0 Å². The Hall–Kier alpha value is -2.08. The first-order valence-electron chi connectivity index (χ1n) is 5.78. The average molecular weight is 331 g/mol. The molecule has 0 saturated heterocycles. The quantitative estimate of drug-likeness (QED) is 0.644. The van der Waals surface area contributed by atoms with E-state index in [1.165, 1.54) is 0 Å². The molecule has 0 aliphatic carbocycles. The minimum absolute atomic E-state index is 0.0319. The van der Waals surface area contributed by atoms with Gasteiger partial charge in [-0.05, 0) is 6.92 Å². The van der Waals surface area contributed by atoms with Crippen molar-refractivity contribution in [3.8, 4) is 0 Å². The van der Waals surface area contributed by atoms with Crippen molar-refractivity contribution in [2.24, 2.45) is 0 Å². The summed E-state index contributed by atoms with van der Waals surface area (Å²) in [5.41, 5.74) is 0.476. The number of anilines is 1. The molecular formula is C9H13N7O3S2. The highest BCUT2D eigenvalue weighted by Crippen LogP contribution is 2.17. The van der Waals surface area contributed by atoms with Crippen LogP contribution in [0.4, 0.5) is 5.13 Å². The Labute approximate surface area is 124 Å². The third-order valence-corrected chi connectivity index (χ3v) is 3.79. The molecule has 1 atom stereocenters. The van der Waals surface area contributed by atoms with Crippen LogP contribution in [0, 0.1) is 0 Å². The molecule has 2 aromatic rings. The van der Waals surface area contributed by atoms with Gasteiger partial charge in [-0.3, -0.25) is 9.52 Å². The predicted molar refractivity (Wildman–Crippen MR) is 75.0 cm³/mol. The van der Waals surface area contributed by atoms with Gasteiger partial charge in [-0.1, -0.05) is 5.21 Å². The van der Waals surface area contributed by atoms with Crippen LogP contribution in [0.2, 0.25) is 0 Å². The van der Waals surface area contributed by atoms with Crippen molar-refractivity contribution in [1.29, 1.82) is 0 Å². The molecular weight excluding hydrogens is 318 g/mol. The average Bonchev–Trinajstić information content (AvgIpc) is 2.98. The second-order valence-electron chi connectivity index (χ2n) is 4.25. The Morgan fingerprint density at radius 2 is 2.29 bits per heavy atom. The van der Waals surface area contributed by atoms with Crippen molar-refractivity contribution in [1.82, 2.24) is 30.9 Å². The normalized spacial score (nSPS) is 12.9. The molecule has 3 N–H and O–H groups in total. The number of aromatic nitrogens is 5. The van der Waals surface area contributed by atoms with E-state index in [9.17, 15) is 13.2 Å². The summed E-state index contributed by atoms with van der Waals surface area (Å²) in [6, 6.07) is -0.386. The number of hydrogen-bond donors (Lipinski definition) is 3. The number of sulfonamides is 1. The van der Waals surface area contributed by atoms with Crippen molar-refractivity contribution in [2.45, 2.75) is 19.4 Å². The van der Waals surface area contributed by atoms with Crippen LogP contribution in [-0.4, -0.2) is 46.2 Å². The molecule has 10 nitrogen and oxygen atoms in total. The molecule has 2 aromatic heterocycles. The third kappa shape index (κ3) is 4.75. The zero-order chi connectivity index (χ0) is 15.5. The number of hydrogen-bond acceptors (Lipinski definition) is 8. The van der Waals surface area contributed by atoms with Crippen LogP contribution in [-0.2, 0) is 21.2 Å². The van der Waals surface area contributed by atoms with E-state index >= 15 is 0 Å². The lowest BCUT2D eigenvalue weighted by atomic mass is 10.2. The van der Waals surface area contributed by atoms with E-state index in [1.807, 2.05) is 0 Å². The van der Waals surface area contributed by atoms with Crippen LogP contribution in [0.5, 0.6) is 0 Å². The van der Waals surface area contributed by atoms with Gasteiger partial charge in [0.15, 0.2) is 11.0 Å². The number of carbonyl (C=O) groups is 1. The summed E-state index contributed by atoms with van der Waals surface area (Å²) in [6.07, 6.45) is 1.07. The summed E-state index contributed by atoms with van der Waals surface area (Å²) in [6.45, 7) is 1.72. The number of H-pyrrole nitrogens is 1. The van der Waals surface area contributed by atoms with E-state index in [-0.39, 0.29) is 23.5 Å². The molecule has 12 heteroatoms. The van der Waals surface area contributed by atoms with Crippen molar-refractivity contribution in [3.63, 3.8) is 0 Å². The largest absolute Gasteiger partial charge is 0.346 e. The zero-order valence-electron chi connectivity index (χ0n) is 11.2. The fourth-order valence-corrected chi connectivity index (χ4v) is 3.03. The number of aromatic amines is 1. The maximum Gasteiger partial charge on any atom is 0.231 e. The molecule has 0 fully saturated rings. The molecule has 0 aliphatic rings.